The van der Waals surface area contributed by atoms with E-state index in [-0.39, 0.29) is 52.4 Å². The standard InChI is InChI=1S/C34H50N8O12/c35-11-13-37-31(47)39-16-23-26(44)27(45)24(42-34(50)52-18-20-9-5-2-6-10-20)30(53-23)54-29-22(41-33(49)51-17-19-7-3-1-4-8-19)15-21(25(43)28(29)46)40-32(48)38-14-12-36/h1-10,21-30,43-46H,11-18,35-36H2,(H,41,49)(H,42,50)(H2,37,39,47)(H2,38,40,48)/t21-,22+,23-,24-,25+,26-,27-,28-,29-,30-/m1/s1. The van der Waals surface area contributed by atoms with Gasteiger partial charge in [-0.05, 0) is 17.5 Å². The predicted molar refractivity (Wildman–Crippen MR) is 189 cm³/mol. The second-order valence-electron chi connectivity index (χ2n) is 12.6. The number of urea groups is 2. The third-order valence-electron chi connectivity index (χ3n) is 8.65. The Morgan fingerprint density at radius 3 is 1.80 bits per heavy atom. The molecular weight excluding hydrogens is 712 g/mol. The average Bonchev–Trinajstić information content (AvgIpc) is 3.17. The molecule has 1 aliphatic carbocycles. The number of hydrogen-bond donors (Lipinski definition) is 12. The zero-order chi connectivity index (χ0) is 39.0. The van der Waals surface area contributed by atoms with Crippen molar-refractivity contribution < 1.29 is 58.6 Å². The third kappa shape index (κ3) is 12.4. The van der Waals surface area contributed by atoms with E-state index in [9.17, 15) is 39.6 Å². The van der Waals surface area contributed by atoms with Gasteiger partial charge in [0, 0.05) is 32.7 Å². The zero-order valence-electron chi connectivity index (χ0n) is 29.4. The number of benzene rings is 2. The van der Waals surface area contributed by atoms with Gasteiger partial charge < -0.3 is 82.7 Å². The van der Waals surface area contributed by atoms with Gasteiger partial charge in [-0.25, -0.2) is 19.2 Å². The van der Waals surface area contributed by atoms with Crippen molar-refractivity contribution in [3.05, 3.63) is 71.8 Å². The highest BCUT2D eigenvalue weighted by atomic mass is 16.7. The van der Waals surface area contributed by atoms with Gasteiger partial charge in [0.1, 0.15) is 55.9 Å². The molecule has 14 N–H and O–H groups in total. The molecule has 4 rings (SSSR count). The van der Waals surface area contributed by atoms with Crippen LogP contribution in [0.15, 0.2) is 60.7 Å². The Bertz CT molecular complexity index is 1480. The van der Waals surface area contributed by atoms with Gasteiger partial charge >= 0.3 is 24.2 Å². The molecule has 1 heterocycles. The highest BCUT2D eigenvalue weighted by Crippen LogP contribution is 2.29. The first-order valence-corrected chi connectivity index (χ1v) is 17.4. The number of rotatable bonds is 15. The summed E-state index contributed by atoms with van der Waals surface area (Å²) in [5.74, 6) is 0. The molecule has 0 spiro atoms. The molecule has 2 aliphatic rings. The first-order valence-electron chi connectivity index (χ1n) is 17.4. The number of carbonyl (C=O) groups excluding carboxylic acids is 4. The smallest absolute Gasteiger partial charge is 0.407 e. The van der Waals surface area contributed by atoms with Crippen molar-refractivity contribution in [3.63, 3.8) is 0 Å². The summed E-state index contributed by atoms with van der Waals surface area (Å²) in [5.41, 5.74) is 12.2. The quantitative estimate of drug-likeness (QED) is 0.0887. The molecule has 2 aromatic carbocycles. The first-order chi connectivity index (χ1) is 26.0. The van der Waals surface area contributed by atoms with Crippen molar-refractivity contribution in [3.8, 4) is 0 Å². The molecule has 20 nitrogen and oxygen atoms in total. The fourth-order valence-electron chi connectivity index (χ4n) is 5.87. The molecule has 0 aromatic heterocycles. The van der Waals surface area contributed by atoms with Crippen LogP contribution in [0.4, 0.5) is 19.2 Å². The maximum Gasteiger partial charge on any atom is 0.407 e. The van der Waals surface area contributed by atoms with Gasteiger partial charge in [-0.1, -0.05) is 60.7 Å². The van der Waals surface area contributed by atoms with Crippen molar-refractivity contribution in [2.24, 2.45) is 11.5 Å². The van der Waals surface area contributed by atoms with Gasteiger partial charge in [-0.15, -0.1) is 0 Å². The minimum absolute atomic E-state index is 0.111. The van der Waals surface area contributed by atoms with Gasteiger partial charge in [0.25, 0.3) is 0 Å². The van der Waals surface area contributed by atoms with Crippen LogP contribution in [0.2, 0.25) is 0 Å². The van der Waals surface area contributed by atoms with Gasteiger partial charge in [-0.2, -0.15) is 0 Å². The van der Waals surface area contributed by atoms with E-state index >= 15 is 0 Å². The molecule has 1 saturated carbocycles. The summed E-state index contributed by atoms with van der Waals surface area (Å²) in [7, 11) is 0. The maximum atomic E-state index is 13.1. The summed E-state index contributed by atoms with van der Waals surface area (Å²) >= 11 is 0. The zero-order valence-corrected chi connectivity index (χ0v) is 29.4. The summed E-state index contributed by atoms with van der Waals surface area (Å²) in [6.45, 7) is -0.0319. The highest BCUT2D eigenvalue weighted by molar-refractivity contribution is 5.74. The fraction of sp³-hybridized carbons (Fsp3) is 0.529. The first kappa shape index (κ1) is 41.9. The Labute approximate surface area is 311 Å². The molecule has 1 saturated heterocycles. The molecule has 0 radical (unpaired) electrons. The van der Waals surface area contributed by atoms with E-state index in [1.165, 1.54) is 0 Å². The van der Waals surface area contributed by atoms with E-state index in [4.69, 9.17) is 30.4 Å². The van der Waals surface area contributed by atoms with Crippen LogP contribution in [0.5, 0.6) is 0 Å². The summed E-state index contributed by atoms with van der Waals surface area (Å²) in [4.78, 5) is 50.8. The fourth-order valence-corrected chi connectivity index (χ4v) is 5.87. The lowest BCUT2D eigenvalue weighted by atomic mass is 9.83. The van der Waals surface area contributed by atoms with Gasteiger partial charge in [-0.3, -0.25) is 0 Å². The van der Waals surface area contributed by atoms with Crippen molar-refractivity contribution in [1.29, 1.82) is 0 Å². The van der Waals surface area contributed by atoms with Gasteiger partial charge in [0.05, 0.1) is 12.1 Å². The minimum atomic E-state index is -1.82. The van der Waals surface area contributed by atoms with Crippen LogP contribution in [0.3, 0.4) is 0 Å². The van der Waals surface area contributed by atoms with Crippen LogP contribution in [0, 0.1) is 0 Å². The van der Waals surface area contributed by atoms with Crippen LogP contribution in [0.25, 0.3) is 0 Å². The van der Waals surface area contributed by atoms with Crippen molar-refractivity contribution >= 4 is 24.2 Å². The van der Waals surface area contributed by atoms with Crippen LogP contribution in [0.1, 0.15) is 17.5 Å². The highest BCUT2D eigenvalue weighted by Gasteiger charge is 2.51. The molecule has 54 heavy (non-hydrogen) atoms. The second-order valence-corrected chi connectivity index (χ2v) is 12.6. The number of amides is 6. The van der Waals surface area contributed by atoms with E-state index in [0.29, 0.717) is 11.1 Å². The lowest BCUT2D eigenvalue weighted by molar-refractivity contribution is -0.293. The number of nitrogens with one attached hydrogen (secondary N) is 6. The predicted octanol–water partition coefficient (Wildman–Crippen LogP) is -2.58. The van der Waals surface area contributed by atoms with E-state index < -0.39 is 85.3 Å². The summed E-state index contributed by atoms with van der Waals surface area (Å²) in [6.07, 6.45) is -13.7. The Morgan fingerprint density at radius 1 is 0.667 bits per heavy atom. The molecule has 2 fully saturated rings. The molecule has 0 unspecified atom stereocenters. The summed E-state index contributed by atoms with van der Waals surface area (Å²) < 4.78 is 22.8. The molecule has 2 aromatic rings. The van der Waals surface area contributed by atoms with Crippen LogP contribution in [-0.4, -0.2) is 138 Å². The van der Waals surface area contributed by atoms with Gasteiger partial charge in [0.2, 0.25) is 0 Å². The van der Waals surface area contributed by atoms with E-state index in [2.05, 4.69) is 31.9 Å². The summed E-state index contributed by atoms with van der Waals surface area (Å²) in [5, 5.41) is 59.9. The van der Waals surface area contributed by atoms with Crippen molar-refractivity contribution in [1.82, 2.24) is 31.9 Å². The van der Waals surface area contributed by atoms with Crippen LogP contribution < -0.4 is 43.4 Å². The van der Waals surface area contributed by atoms with Crippen LogP contribution >= 0.6 is 0 Å². The van der Waals surface area contributed by atoms with E-state index in [1.54, 1.807) is 60.7 Å². The van der Waals surface area contributed by atoms with E-state index in [1.807, 2.05) is 0 Å². The van der Waals surface area contributed by atoms with Crippen molar-refractivity contribution in [2.75, 3.05) is 32.7 Å². The number of aliphatic hydroxyl groups excluding tert-OH is 4. The molecular formula is C34H50N8O12. The normalized spacial score (nSPS) is 27.8. The Kier molecular flexibility index (Phi) is 16.5. The lowest BCUT2D eigenvalue weighted by Gasteiger charge is -2.47. The molecule has 0 bridgehead atoms. The number of carbonyl (C=O) groups is 4. The number of aliphatic hydroxyl groups is 4. The minimum Gasteiger partial charge on any atom is -0.445 e. The summed E-state index contributed by atoms with van der Waals surface area (Å²) in [6, 6.07) is 12.3. The monoisotopic (exact) mass is 762 g/mol. The number of hydrogen-bond acceptors (Lipinski definition) is 14. The van der Waals surface area contributed by atoms with Crippen LogP contribution in [-0.2, 0) is 32.2 Å². The number of ether oxygens (including phenoxy) is 4. The molecule has 1 aliphatic heterocycles. The molecule has 6 amide bonds. The SMILES string of the molecule is NCCNC(=O)NC[C@H]1O[C@H](O[C@H]2[C@H](O)[C@@H](O)[C@H](NC(=O)NCCN)C[C@@H]2NC(=O)OCc2ccccc2)[C@H](NC(=O)OCc2ccccc2)[C@@H](O)[C@@H]1O. The van der Waals surface area contributed by atoms with Gasteiger partial charge in [0.15, 0.2) is 6.29 Å². The number of nitrogens with two attached hydrogens (primary N) is 2. The topological polar surface area (TPSA) is 310 Å². The molecule has 20 heteroatoms. The molecule has 10 atom stereocenters. The number of alkyl carbamates (subject to hydrolysis) is 2. The second kappa shape index (κ2) is 21.2. The van der Waals surface area contributed by atoms with E-state index in [0.717, 1.165) is 0 Å². The third-order valence-corrected chi connectivity index (χ3v) is 8.65. The maximum absolute atomic E-state index is 13.1. The Morgan fingerprint density at radius 2 is 1.22 bits per heavy atom. The Hall–Kier alpha value is -4.80. The molecule has 298 valence electrons. The largest absolute Gasteiger partial charge is 0.445 e. The van der Waals surface area contributed by atoms with Crippen molar-refractivity contribution in [2.45, 2.75) is 80.7 Å². The lowest BCUT2D eigenvalue weighted by Crippen LogP contribution is -2.70. The Balaban J connectivity index is 1.56. The average molecular weight is 763 g/mol.